The maximum absolute atomic E-state index is 13.0. The highest BCUT2D eigenvalue weighted by molar-refractivity contribution is 6.43. The van der Waals surface area contributed by atoms with Gasteiger partial charge in [-0.1, -0.05) is 43.3 Å². The summed E-state index contributed by atoms with van der Waals surface area (Å²) in [5, 5.41) is 30.3. The van der Waals surface area contributed by atoms with Gasteiger partial charge < -0.3 is 30.3 Å². The first-order chi connectivity index (χ1) is 15.8. The van der Waals surface area contributed by atoms with Crippen LogP contribution >= 0.6 is 0 Å². The maximum atomic E-state index is 13.0. The summed E-state index contributed by atoms with van der Waals surface area (Å²) in [5.74, 6) is -1.67. The summed E-state index contributed by atoms with van der Waals surface area (Å²) in [7, 11) is -0.290. The fourth-order valence-corrected chi connectivity index (χ4v) is 3.77. The molecule has 1 aliphatic rings. The molecule has 0 aliphatic carbocycles. The Bertz CT molecular complexity index is 1030. The summed E-state index contributed by atoms with van der Waals surface area (Å²) >= 11 is 0. The Hall–Kier alpha value is -3.02. The molecule has 1 unspecified atom stereocenters. The van der Waals surface area contributed by atoms with E-state index in [4.69, 9.17) is 9.57 Å². The molecule has 0 saturated carbocycles. The van der Waals surface area contributed by atoms with Gasteiger partial charge in [0.1, 0.15) is 5.69 Å². The number of oxime groups is 1. The molecule has 1 aliphatic heterocycles. The SMILES string of the molecule is COCC1(C(=O)N[C@@H](CC(C)C)B(O)O)CC(CNC(=O)c2nccc3ccccc23)=NO1. The second kappa shape index (κ2) is 10.7. The third-order valence-electron chi connectivity index (χ3n) is 5.37. The van der Waals surface area contributed by atoms with E-state index < -0.39 is 24.6 Å². The summed E-state index contributed by atoms with van der Waals surface area (Å²) in [6.07, 6.45) is 2.02. The molecule has 1 aromatic heterocycles. The number of hydrogen-bond acceptors (Lipinski definition) is 8. The van der Waals surface area contributed by atoms with Crippen LogP contribution < -0.4 is 10.6 Å². The van der Waals surface area contributed by atoms with Crippen molar-refractivity contribution < 1.29 is 29.2 Å². The quantitative estimate of drug-likeness (QED) is 0.385. The molecule has 0 spiro atoms. The Morgan fingerprint density at radius 3 is 2.73 bits per heavy atom. The molecule has 176 valence electrons. The Labute approximate surface area is 192 Å². The largest absolute Gasteiger partial charge is 0.475 e. The fraction of sp³-hybridized carbons (Fsp3) is 0.455. The van der Waals surface area contributed by atoms with Crippen LogP contribution in [0.25, 0.3) is 10.8 Å². The second-order valence-electron chi connectivity index (χ2n) is 8.54. The maximum Gasteiger partial charge on any atom is 0.475 e. The number of carbonyl (C=O) groups is 2. The van der Waals surface area contributed by atoms with Crippen molar-refractivity contribution in [2.24, 2.45) is 11.1 Å². The molecular weight excluding hydrogens is 427 g/mol. The minimum Gasteiger partial charge on any atom is -0.426 e. The fourth-order valence-electron chi connectivity index (χ4n) is 3.77. The Balaban J connectivity index is 1.65. The smallest absolute Gasteiger partial charge is 0.426 e. The number of rotatable bonds is 10. The molecule has 0 fully saturated rings. The van der Waals surface area contributed by atoms with Crippen LogP contribution in [-0.4, -0.2) is 71.5 Å². The normalized spacial score (nSPS) is 18.5. The molecule has 0 bridgehead atoms. The Kier molecular flexibility index (Phi) is 8.01. The average molecular weight is 456 g/mol. The summed E-state index contributed by atoms with van der Waals surface area (Å²) in [4.78, 5) is 35.4. The number of methoxy groups -OCH3 is 1. The molecule has 2 amide bonds. The van der Waals surface area contributed by atoms with Crippen LogP contribution in [0.5, 0.6) is 0 Å². The Morgan fingerprint density at radius 1 is 1.27 bits per heavy atom. The average Bonchev–Trinajstić information content (AvgIpc) is 3.20. The van der Waals surface area contributed by atoms with Crippen LogP contribution in [0.15, 0.2) is 41.7 Å². The van der Waals surface area contributed by atoms with E-state index in [1.165, 1.54) is 7.11 Å². The van der Waals surface area contributed by atoms with E-state index >= 15 is 0 Å². The molecule has 33 heavy (non-hydrogen) atoms. The number of carbonyl (C=O) groups excluding carboxylic acids is 2. The van der Waals surface area contributed by atoms with Gasteiger partial charge in [0.15, 0.2) is 0 Å². The number of fused-ring (bicyclic) bond motifs is 1. The number of nitrogens with zero attached hydrogens (tertiary/aromatic N) is 2. The lowest BCUT2D eigenvalue weighted by atomic mass is 9.74. The molecule has 2 atom stereocenters. The van der Waals surface area contributed by atoms with E-state index in [1.807, 2.05) is 44.2 Å². The van der Waals surface area contributed by atoms with Gasteiger partial charge >= 0.3 is 7.12 Å². The number of aromatic nitrogens is 1. The summed E-state index contributed by atoms with van der Waals surface area (Å²) in [5.41, 5.74) is -0.723. The van der Waals surface area contributed by atoms with Crippen molar-refractivity contribution in [3.05, 3.63) is 42.2 Å². The molecule has 4 N–H and O–H groups in total. The molecule has 10 nitrogen and oxygen atoms in total. The molecule has 0 saturated heterocycles. The molecule has 0 radical (unpaired) electrons. The van der Waals surface area contributed by atoms with Gasteiger partial charge in [0.2, 0.25) is 5.60 Å². The standard InChI is InChI=1S/C22H29BN4O6/c1-14(2)10-18(23(30)31)26-21(29)22(13-32-3)11-16(27-33-22)12-25-20(28)19-17-7-5-4-6-15(17)8-9-24-19/h4-9,14,18,30-31H,10-13H2,1-3H3,(H,25,28)(H,26,29)/t18-,22?/m0/s1. The number of pyridine rings is 1. The molecule has 3 rings (SSSR count). The molecular formula is C22H29BN4O6. The molecule has 11 heteroatoms. The predicted molar refractivity (Wildman–Crippen MR) is 123 cm³/mol. The topological polar surface area (TPSA) is 142 Å². The van der Waals surface area contributed by atoms with E-state index in [9.17, 15) is 19.6 Å². The number of nitrogens with one attached hydrogen (secondary N) is 2. The summed E-state index contributed by atoms with van der Waals surface area (Å²) in [6, 6.07) is 9.27. The van der Waals surface area contributed by atoms with Gasteiger partial charge in [0.25, 0.3) is 11.8 Å². The highest BCUT2D eigenvalue weighted by Gasteiger charge is 2.48. The van der Waals surface area contributed by atoms with Crippen molar-refractivity contribution in [1.29, 1.82) is 0 Å². The zero-order valence-electron chi connectivity index (χ0n) is 18.9. The van der Waals surface area contributed by atoms with E-state index in [-0.39, 0.29) is 31.4 Å². The lowest BCUT2D eigenvalue weighted by molar-refractivity contribution is -0.151. The molecule has 2 aromatic rings. The lowest BCUT2D eigenvalue weighted by Gasteiger charge is -2.28. The van der Waals surface area contributed by atoms with Gasteiger partial charge in [-0.3, -0.25) is 14.6 Å². The number of amides is 2. The van der Waals surface area contributed by atoms with E-state index in [0.29, 0.717) is 17.8 Å². The van der Waals surface area contributed by atoms with Crippen LogP contribution in [-0.2, 0) is 14.4 Å². The highest BCUT2D eigenvalue weighted by Crippen LogP contribution is 2.26. The van der Waals surface area contributed by atoms with E-state index in [2.05, 4.69) is 20.8 Å². The number of benzene rings is 1. The zero-order valence-corrected chi connectivity index (χ0v) is 18.9. The van der Waals surface area contributed by atoms with Gasteiger partial charge in [0.05, 0.1) is 24.8 Å². The monoisotopic (exact) mass is 456 g/mol. The third kappa shape index (κ3) is 5.87. The number of hydrogen-bond donors (Lipinski definition) is 4. The molecule has 2 heterocycles. The van der Waals surface area contributed by atoms with Gasteiger partial charge in [-0.05, 0) is 23.8 Å². The van der Waals surface area contributed by atoms with E-state index in [0.717, 1.165) is 10.8 Å². The Morgan fingerprint density at radius 2 is 2.03 bits per heavy atom. The highest BCUT2D eigenvalue weighted by atomic mass is 16.7. The predicted octanol–water partition coefficient (Wildman–Crippen LogP) is 0.669. The summed E-state index contributed by atoms with van der Waals surface area (Å²) < 4.78 is 5.18. The van der Waals surface area contributed by atoms with Crippen LogP contribution in [0, 0.1) is 5.92 Å². The lowest BCUT2D eigenvalue weighted by Crippen LogP contribution is -2.57. The zero-order chi connectivity index (χ0) is 24.0. The van der Waals surface area contributed by atoms with Crippen LogP contribution in [0.1, 0.15) is 37.2 Å². The van der Waals surface area contributed by atoms with Crippen molar-refractivity contribution >= 4 is 35.4 Å². The molecule has 1 aromatic carbocycles. The first kappa shape index (κ1) is 24.6. The van der Waals surface area contributed by atoms with Gasteiger partial charge in [-0.25, -0.2) is 0 Å². The van der Waals surface area contributed by atoms with Gasteiger partial charge in [0, 0.05) is 25.1 Å². The first-order valence-electron chi connectivity index (χ1n) is 10.8. The van der Waals surface area contributed by atoms with Crippen LogP contribution in [0.4, 0.5) is 0 Å². The second-order valence-corrected chi connectivity index (χ2v) is 8.54. The number of ether oxygens (including phenoxy) is 1. The van der Waals surface area contributed by atoms with Crippen molar-refractivity contribution in [1.82, 2.24) is 15.6 Å². The minimum absolute atomic E-state index is 0.0561. The van der Waals surface area contributed by atoms with Gasteiger partial charge in [-0.15, -0.1) is 0 Å². The third-order valence-corrected chi connectivity index (χ3v) is 5.37. The minimum atomic E-state index is -1.72. The van der Waals surface area contributed by atoms with Crippen molar-refractivity contribution in [3.8, 4) is 0 Å². The van der Waals surface area contributed by atoms with Crippen LogP contribution in [0.2, 0.25) is 0 Å². The van der Waals surface area contributed by atoms with Crippen molar-refractivity contribution in [2.75, 3.05) is 20.3 Å². The van der Waals surface area contributed by atoms with Crippen molar-refractivity contribution in [2.45, 2.75) is 38.2 Å². The van der Waals surface area contributed by atoms with E-state index in [1.54, 1.807) is 6.20 Å². The van der Waals surface area contributed by atoms with Gasteiger partial charge in [-0.2, -0.15) is 0 Å². The summed E-state index contributed by atoms with van der Waals surface area (Å²) in [6.45, 7) is 3.78. The van der Waals surface area contributed by atoms with Crippen LogP contribution in [0.3, 0.4) is 0 Å². The van der Waals surface area contributed by atoms with Crippen molar-refractivity contribution in [3.63, 3.8) is 0 Å². The first-order valence-corrected chi connectivity index (χ1v) is 10.8.